The number of methoxy groups -OCH3 is 1. The van der Waals surface area contributed by atoms with Crippen molar-refractivity contribution in [2.75, 3.05) is 24.7 Å². The van der Waals surface area contributed by atoms with Crippen molar-refractivity contribution in [1.29, 1.82) is 0 Å². The van der Waals surface area contributed by atoms with Crippen molar-refractivity contribution in [3.05, 3.63) is 28.8 Å². The van der Waals surface area contributed by atoms with E-state index in [9.17, 15) is 13.2 Å². The number of hydrogen-bond donors (Lipinski definition) is 0. The van der Waals surface area contributed by atoms with Crippen molar-refractivity contribution in [3.63, 3.8) is 0 Å². The van der Waals surface area contributed by atoms with E-state index in [1.165, 1.54) is 32.4 Å². The molecule has 0 atom stereocenters. The first-order valence-corrected chi connectivity index (χ1v) is 6.81. The molecule has 0 aliphatic rings. The van der Waals surface area contributed by atoms with E-state index >= 15 is 0 Å². The molecule has 0 bridgehead atoms. The molecule has 0 N–H and O–H groups in total. The number of carbonyl (C=O) groups excluding carboxylic acids is 1. The summed E-state index contributed by atoms with van der Waals surface area (Å²) < 4.78 is 28.4. The molecule has 0 radical (unpaired) electrons. The van der Waals surface area contributed by atoms with E-state index in [1.807, 2.05) is 0 Å². The second-order valence-electron chi connectivity index (χ2n) is 3.38. The lowest BCUT2D eigenvalue weighted by molar-refractivity contribution is 0.0601. The number of anilines is 1. The van der Waals surface area contributed by atoms with Gasteiger partial charge in [-0.3, -0.25) is 4.31 Å². The number of carbonyl (C=O) groups is 1. The van der Waals surface area contributed by atoms with E-state index in [4.69, 9.17) is 11.6 Å². The Labute approximate surface area is 105 Å². The zero-order valence-electron chi connectivity index (χ0n) is 9.60. The highest BCUT2D eigenvalue weighted by molar-refractivity contribution is 7.92. The van der Waals surface area contributed by atoms with Gasteiger partial charge in [0.1, 0.15) is 0 Å². The molecule has 0 saturated carbocycles. The molecule has 0 aliphatic carbocycles. The molecule has 0 saturated heterocycles. The van der Waals surface area contributed by atoms with Gasteiger partial charge in [0.25, 0.3) is 0 Å². The van der Waals surface area contributed by atoms with Crippen molar-refractivity contribution in [2.24, 2.45) is 0 Å². The van der Waals surface area contributed by atoms with E-state index in [0.29, 0.717) is 5.02 Å². The molecule has 0 fully saturated rings. The summed E-state index contributed by atoms with van der Waals surface area (Å²) >= 11 is 5.76. The zero-order chi connectivity index (χ0) is 13.2. The van der Waals surface area contributed by atoms with E-state index in [0.717, 1.165) is 10.6 Å². The fraction of sp³-hybridized carbons (Fsp3) is 0.300. The summed E-state index contributed by atoms with van der Waals surface area (Å²) in [6, 6.07) is 4.32. The van der Waals surface area contributed by atoms with Crippen LogP contribution < -0.4 is 4.31 Å². The maximum absolute atomic E-state index is 11.5. The molecule has 94 valence electrons. The van der Waals surface area contributed by atoms with Crippen molar-refractivity contribution in [3.8, 4) is 0 Å². The van der Waals surface area contributed by atoms with Crippen LogP contribution in [0.4, 0.5) is 5.69 Å². The van der Waals surface area contributed by atoms with E-state index < -0.39 is 16.0 Å². The highest BCUT2D eigenvalue weighted by Crippen LogP contribution is 2.25. The van der Waals surface area contributed by atoms with Crippen molar-refractivity contribution in [2.45, 2.75) is 0 Å². The van der Waals surface area contributed by atoms with Crippen molar-refractivity contribution >= 4 is 33.3 Å². The summed E-state index contributed by atoms with van der Waals surface area (Å²) in [5, 5.41) is 0.330. The van der Waals surface area contributed by atoms with Crippen LogP contribution in [0, 0.1) is 0 Å². The van der Waals surface area contributed by atoms with Gasteiger partial charge in [0.05, 0.1) is 24.6 Å². The highest BCUT2D eigenvalue weighted by atomic mass is 35.5. The summed E-state index contributed by atoms with van der Waals surface area (Å²) in [6.07, 6.45) is 1.04. The van der Waals surface area contributed by atoms with Gasteiger partial charge in [-0.15, -0.1) is 0 Å². The number of halogens is 1. The van der Waals surface area contributed by atoms with Crippen LogP contribution in [0.5, 0.6) is 0 Å². The lowest BCUT2D eigenvalue weighted by atomic mass is 10.2. The molecular formula is C10H12ClNO4S. The summed E-state index contributed by atoms with van der Waals surface area (Å²) in [5.74, 6) is -0.641. The minimum absolute atomic E-state index is 0.105. The SMILES string of the molecule is COC(=O)c1cc(Cl)ccc1N(C)S(C)(=O)=O. The number of sulfonamides is 1. The van der Waals surface area contributed by atoms with Gasteiger partial charge in [-0.1, -0.05) is 11.6 Å². The first-order chi connectivity index (χ1) is 7.77. The molecule has 17 heavy (non-hydrogen) atoms. The maximum atomic E-state index is 11.5. The third-order valence-corrected chi connectivity index (χ3v) is 3.63. The Bertz CT molecular complexity index is 541. The first kappa shape index (κ1) is 13.8. The van der Waals surface area contributed by atoms with Crippen molar-refractivity contribution < 1.29 is 17.9 Å². The predicted molar refractivity (Wildman–Crippen MR) is 66.0 cm³/mol. The van der Waals surface area contributed by atoms with Crippen LogP contribution in [-0.4, -0.2) is 34.8 Å². The third kappa shape index (κ3) is 3.10. The molecule has 0 heterocycles. The van der Waals surface area contributed by atoms with Crippen LogP contribution in [0.25, 0.3) is 0 Å². The van der Waals surface area contributed by atoms with Gasteiger partial charge in [0, 0.05) is 12.1 Å². The fourth-order valence-electron chi connectivity index (χ4n) is 1.23. The van der Waals surface area contributed by atoms with E-state index in [1.54, 1.807) is 0 Å². The largest absolute Gasteiger partial charge is 0.465 e. The predicted octanol–water partition coefficient (Wildman–Crippen LogP) is 1.52. The maximum Gasteiger partial charge on any atom is 0.340 e. The molecular weight excluding hydrogens is 266 g/mol. The summed E-state index contributed by atoms with van der Waals surface area (Å²) in [5.41, 5.74) is 0.330. The minimum Gasteiger partial charge on any atom is -0.465 e. The number of hydrogen-bond acceptors (Lipinski definition) is 4. The molecule has 0 amide bonds. The Hall–Kier alpha value is -1.27. The third-order valence-electron chi connectivity index (χ3n) is 2.20. The summed E-state index contributed by atoms with van der Waals surface area (Å²) in [7, 11) is -0.883. The molecule has 1 aromatic carbocycles. The van der Waals surface area contributed by atoms with Gasteiger partial charge in [0.2, 0.25) is 10.0 Å². The van der Waals surface area contributed by atoms with E-state index in [2.05, 4.69) is 4.74 Å². The smallest absolute Gasteiger partial charge is 0.340 e. The summed E-state index contributed by atoms with van der Waals surface area (Å²) in [6.45, 7) is 0. The Kier molecular flexibility index (Phi) is 4.00. The monoisotopic (exact) mass is 277 g/mol. The minimum atomic E-state index is -3.45. The average Bonchev–Trinajstić information content (AvgIpc) is 2.25. The standard InChI is InChI=1S/C10H12ClNO4S/c1-12(17(3,14)15)9-5-4-7(11)6-8(9)10(13)16-2/h4-6H,1-3H3. The van der Waals surface area contributed by atoms with Gasteiger partial charge in [0.15, 0.2) is 0 Å². The van der Waals surface area contributed by atoms with Gasteiger partial charge in [-0.2, -0.15) is 0 Å². The zero-order valence-corrected chi connectivity index (χ0v) is 11.2. The Morgan fingerprint density at radius 3 is 2.47 bits per heavy atom. The Balaban J connectivity index is 3.38. The summed E-state index contributed by atoms with van der Waals surface area (Å²) in [4.78, 5) is 11.5. The number of nitrogens with zero attached hydrogens (tertiary/aromatic N) is 1. The van der Waals surface area contributed by atoms with Crippen LogP contribution in [0.15, 0.2) is 18.2 Å². The molecule has 5 nitrogen and oxygen atoms in total. The van der Waals surface area contributed by atoms with Gasteiger partial charge in [-0.05, 0) is 18.2 Å². The molecule has 0 aliphatic heterocycles. The van der Waals surface area contributed by atoms with Gasteiger partial charge < -0.3 is 4.74 Å². The average molecular weight is 278 g/mol. The topological polar surface area (TPSA) is 63.7 Å². The first-order valence-electron chi connectivity index (χ1n) is 4.59. The molecule has 1 rings (SSSR count). The van der Waals surface area contributed by atoms with E-state index in [-0.39, 0.29) is 11.3 Å². The second kappa shape index (κ2) is 4.93. The van der Waals surface area contributed by atoms with Crippen LogP contribution >= 0.6 is 11.6 Å². The number of ether oxygens (including phenoxy) is 1. The van der Waals surface area contributed by atoms with Crippen LogP contribution in [0.1, 0.15) is 10.4 Å². The number of esters is 1. The fourth-order valence-corrected chi connectivity index (χ4v) is 1.92. The molecule has 0 unspecified atom stereocenters. The molecule has 1 aromatic rings. The van der Waals surface area contributed by atoms with Crippen LogP contribution in [-0.2, 0) is 14.8 Å². The molecule has 0 aromatic heterocycles. The van der Waals surface area contributed by atoms with Gasteiger partial charge >= 0.3 is 5.97 Å². The quantitative estimate of drug-likeness (QED) is 0.786. The Morgan fingerprint density at radius 1 is 1.41 bits per heavy atom. The Morgan fingerprint density at radius 2 is 2.00 bits per heavy atom. The van der Waals surface area contributed by atoms with Crippen molar-refractivity contribution in [1.82, 2.24) is 0 Å². The normalized spacial score (nSPS) is 11.1. The van der Waals surface area contributed by atoms with Gasteiger partial charge in [-0.25, -0.2) is 13.2 Å². The number of benzene rings is 1. The lowest BCUT2D eigenvalue weighted by Crippen LogP contribution is -2.26. The van der Waals surface area contributed by atoms with Crippen LogP contribution in [0.2, 0.25) is 5.02 Å². The highest BCUT2D eigenvalue weighted by Gasteiger charge is 2.20. The molecule has 7 heteroatoms. The second-order valence-corrected chi connectivity index (χ2v) is 5.83. The molecule has 0 spiro atoms. The van der Waals surface area contributed by atoms with Crippen LogP contribution in [0.3, 0.4) is 0 Å². The lowest BCUT2D eigenvalue weighted by Gasteiger charge is -2.19. The number of rotatable bonds is 3.